The summed E-state index contributed by atoms with van der Waals surface area (Å²) >= 11 is 0. The predicted octanol–water partition coefficient (Wildman–Crippen LogP) is -2.66. The highest BCUT2D eigenvalue weighted by molar-refractivity contribution is 5.84. The molecule has 1 aliphatic rings. The first-order valence-electron chi connectivity index (χ1n) is 4.39. The maximum Gasteiger partial charge on any atom is 0.251 e. The molecule has 0 heterocycles. The Morgan fingerprint density at radius 2 is 1.71 bits per heavy atom. The van der Waals surface area contributed by atoms with Crippen molar-refractivity contribution in [1.82, 2.24) is 5.32 Å². The SMILES string of the molecule is CNC(=O)[C@]1(O)C[C@@H](O)[C@@H](O)[C@H](O)C1. The minimum atomic E-state index is -1.80. The van der Waals surface area contributed by atoms with Gasteiger partial charge < -0.3 is 25.7 Å². The average molecular weight is 205 g/mol. The quantitative estimate of drug-likeness (QED) is 0.321. The molecular weight excluding hydrogens is 190 g/mol. The van der Waals surface area contributed by atoms with Crippen LogP contribution >= 0.6 is 0 Å². The first-order chi connectivity index (χ1) is 6.40. The number of hydrogen-bond donors (Lipinski definition) is 5. The summed E-state index contributed by atoms with van der Waals surface area (Å²) < 4.78 is 0. The molecule has 1 fully saturated rings. The number of nitrogens with one attached hydrogen (secondary N) is 1. The Hall–Kier alpha value is -0.690. The van der Waals surface area contributed by atoms with E-state index in [2.05, 4.69) is 5.32 Å². The van der Waals surface area contributed by atoms with Crippen LogP contribution in [0.5, 0.6) is 0 Å². The van der Waals surface area contributed by atoms with Gasteiger partial charge in [-0.25, -0.2) is 0 Å². The number of rotatable bonds is 1. The van der Waals surface area contributed by atoms with E-state index < -0.39 is 29.8 Å². The van der Waals surface area contributed by atoms with Gasteiger partial charge in [0.2, 0.25) is 0 Å². The average Bonchev–Trinajstić information content (AvgIpc) is 2.12. The smallest absolute Gasteiger partial charge is 0.251 e. The molecule has 14 heavy (non-hydrogen) atoms. The van der Waals surface area contributed by atoms with Crippen molar-refractivity contribution in [3.63, 3.8) is 0 Å². The number of aliphatic hydroxyl groups is 4. The molecular formula is C8H15NO5. The lowest BCUT2D eigenvalue weighted by molar-refractivity contribution is -0.172. The van der Waals surface area contributed by atoms with Crippen LogP contribution in [0.2, 0.25) is 0 Å². The zero-order valence-electron chi connectivity index (χ0n) is 7.84. The van der Waals surface area contributed by atoms with Gasteiger partial charge in [0.25, 0.3) is 5.91 Å². The summed E-state index contributed by atoms with van der Waals surface area (Å²) in [7, 11) is 1.35. The molecule has 6 nitrogen and oxygen atoms in total. The highest BCUT2D eigenvalue weighted by Crippen LogP contribution is 2.29. The van der Waals surface area contributed by atoms with E-state index in [-0.39, 0.29) is 12.8 Å². The molecule has 5 N–H and O–H groups in total. The second-order valence-corrected chi connectivity index (χ2v) is 3.64. The van der Waals surface area contributed by atoms with E-state index in [1.807, 2.05) is 0 Å². The molecule has 0 aliphatic heterocycles. The molecule has 1 aliphatic carbocycles. The third kappa shape index (κ3) is 1.88. The van der Waals surface area contributed by atoms with Gasteiger partial charge in [0, 0.05) is 19.9 Å². The van der Waals surface area contributed by atoms with Crippen LogP contribution in [-0.4, -0.2) is 57.3 Å². The number of likely N-dealkylation sites (N-methyl/N-ethyl adjacent to an activating group) is 1. The first kappa shape index (κ1) is 11.4. The van der Waals surface area contributed by atoms with E-state index in [4.69, 9.17) is 0 Å². The van der Waals surface area contributed by atoms with Crippen LogP contribution < -0.4 is 5.32 Å². The molecule has 1 rings (SSSR count). The highest BCUT2D eigenvalue weighted by Gasteiger charge is 2.47. The van der Waals surface area contributed by atoms with Crippen LogP contribution in [0.25, 0.3) is 0 Å². The first-order valence-corrected chi connectivity index (χ1v) is 4.39. The van der Waals surface area contributed by atoms with Gasteiger partial charge in [-0.3, -0.25) is 4.79 Å². The van der Waals surface area contributed by atoms with Gasteiger partial charge >= 0.3 is 0 Å². The largest absolute Gasteiger partial charge is 0.390 e. The molecule has 0 aromatic heterocycles. The summed E-state index contributed by atoms with van der Waals surface area (Å²) in [5, 5.41) is 39.7. The van der Waals surface area contributed by atoms with Gasteiger partial charge in [0.1, 0.15) is 11.7 Å². The minimum absolute atomic E-state index is 0.273. The molecule has 0 aromatic carbocycles. The van der Waals surface area contributed by atoms with Crippen molar-refractivity contribution < 1.29 is 25.2 Å². The Balaban J connectivity index is 2.78. The molecule has 0 saturated heterocycles. The Labute approximate surface area is 81.2 Å². The molecule has 82 valence electrons. The summed E-state index contributed by atoms with van der Waals surface area (Å²) in [5.41, 5.74) is -1.80. The van der Waals surface area contributed by atoms with Crippen LogP contribution in [0.4, 0.5) is 0 Å². The zero-order valence-corrected chi connectivity index (χ0v) is 7.84. The fourth-order valence-corrected chi connectivity index (χ4v) is 1.69. The highest BCUT2D eigenvalue weighted by atomic mass is 16.4. The maximum absolute atomic E-state index is 11.2. The Morgan fingerprint density at radius 1 is 1.29 bits per heavy atom. The standard InChI is InChI=1S/C8H15NO5/c1-9-7(13)8(14)2-4(10)6(12)5(11)3-8/h4-6,10-12,14H,2-3H2,1H3,(H,9,13)/t4-,5-,6-,8+/m1/s1. The van der Waals surface area contributed by atoms with Gasteiger partial charge in [-0.1, -0.05) is 0 Å². The van der Waals surface area contributed by atoms with Crippen LogP contribution in [0.1, 0.15) is 12.8 Å². The predicted molar refractivity (Wildman–Crippen MR) is 46.3 cm³/mol. The zero-order chi connectivity index (χ0) is 10.9. The van der Waals surface area contributed by atoms with Gasteiger partial charge in [-0.15, -0.1) is 0 Å². The lowest BCUT2D eigenvalue weighted by Crippen LogP contribution is -2.58. The van der Waals surface area contributed by atoms with Crippen molar-refractivity contribution in [2.75, 3.05) is 7.05 Å². The molecule has 0 aromatic rings. The fourth-order valence-electron chi connectivity index (χ4n) is 1.69. The normalized spacial score (nSPS) is 43.4. The van der Waals surface area contributed by atoms with Crippen molar-refractivity contribution in [3.8, 4) is 0 Å². The monoisotopic (exact) mass is 205 g/mol. The molecule has 0 radical (unpaired) electrons. The lowest BCUT2D eigenvalue weighted by atomic mass is 9.79. The van der Waals surface area contributed by atoms with Crippen LogP contribution in [-0.2, 0) is 4.79 Å². The van der Waals surface area contributed by atoms with E-state index in [1.165, 1.54) is 7.05 Å². The third-order valence-corrected chi connectivity index (χ3v) is 2.53. The molecule has 0 spiro atoms. The van der Waals surface area contributed by atoms with Crippen molar-refractivity contribution >= 4 is 5.91 Å². The van der Waals surface area contributed by atoms with E-state index in [0.717, 1.165) is 0 Å². The van der Waals surface area contributed by atoms with Gasteiger partial charge in [0.05, 0.1) is 12.2 Å². The summed E-state index contributed by atoms with van der Waals surface area (Å²) in [6.07, 6.45) is -4.43. The van der Waals surface area contributed by atoms with Crippen LogP contribution in [0, 0.1) is 0 Å². The summed E-state index contributed by atoms with van der Waals surface area (Å²) in [4.78, 5) is 11.2. The molecule has 0 bridgehead atoms. The molecule has 0 unspecified atom stereocenters. The van der Waals surface area contributed by atoms with E-state index in [0.29, 0.717) is 0 Å². The number of amides is 1. The van der Waals surface area contributed by atoms with Crippen molar-refractivity contribution in [2.24, 2.45) is 0 Å². The van der Waals surface area contributed by atoms with Gasteiger partial charge in [-0.05, 0) is 0 Å². The topological polar surface area (TPSA) is 110 Å². The van der Waals surface area contributed by atoms with E-state index >= 15 is 0 Å². The second-order valence-electron chi connectivity index (χ2n) is 3.64. The van der Waals surface area contributed by atoms with Gasteiger partial charge in [-0.2, -0.15) is 0 Å². The lowest BCUT2D eigenvalue weighted by Gasteiger charge is -2.38. The fraction of sp³-hybridized carbons (Fsp3) is 0.875. The molecule has 1 amide bonds. The van der Waals surface area contributed by atoms with Crippen molar-refractivity contribution in [3.05, 3.63) is 0 Å². The van der Waals surface area contributed by atoms with Crippen LogP contribution in [0.15, 0.2) is 0 Å². The maximum atomic E-state index is 11.2. The third-order valence-electron chi connectivity index (χ3n) is 2.53. The number of carbonyl (C=O) groups is 1. The van der Waals surface area contributed by atoms with Gasteiger partial charge in [0.15, 0.2) is 0 Å². The Kier molecular flexibility index (Phi) is 3.10. The van der Waals surface area contributed by atoms with E-state index in [9.17, 15) is 25.2 Å². The van der Waals surface area contributed by atoms with Crippen molar-refractivity contribution in [2.45, 2.75) is 36.8 Å². The Morgan fingerprint density at radius 3 is 2.07 bits per heavy atom. The second kappa shape index (κ2) is 3.82. The summed E-state index contributed by atoms with van der Waals surface area (Å²) in [6, 6.07) is 0. The molecule has 6 heteroatoms. The number of carbonyl (C=O) groups excluding carboxylic acids is 1. The molecule has 2 atom stereocenters. The number of aliphatic hydroxyl groups excluding tert-OH is 3. The number of hydrogen-bond acceptors (Lipinski definition) is 5. The summed E-state index contributed by atoms with van der Waals surface area (Å²) in [6.45, 7) is 0. The summed E-state index contributed by atoms with van der Waals surface area (Å²) in [5.74, 6) is -0.664. The Bertz CT molecular complexity index is 220. The van der Waals surface area contributed by atoms with Crippen molar-refractivity contribution in [1.29, 1.82) is 0 Å². The van der Waals surface area contributed by atoms with E-state index in [1.54, 1.807) is 0 Å². The molecule has 1 saturated carbocycles. The van der Waals surface area contributed by atoms with Crippen LogP contribution in [0.3, 0.4) is 0 Å². The minimum Gasteiger partial charge on any atom is -0.390 e.